The number of carbonyl (C=O) groups is 1. The van der Waals surface area contributed by atoms with E-state index in [1.165, 1.54) is 7.11 Å². The lowest BCUT2D eigenvalue weighted by Crippen LogP contribution is -2.32. The van der Waals surface area contributed by atoms with E-state index in [1.54, 1.807) is 12.3 Å². The van der Waals surface area contributed by atoms with Crippen LogP contribution in [0.4, 0.5) is 5.69 Å². The summed E-state index contributed by atoms with van der Waals surface area (Å²) >= 11 is 0. The number of ether oxygens (including phenoxy) is 2. The van der Waals surface area contributed by atoms with Crippen LogP contribution in [0.5, 0.6) is 0 Å². The van der Waals surface area contributed by atoms with Gasteiger partial charge in [-0.15, -0.1) is 0 Å². The van der Waals surface area contributed by atoms with Crippen LogP contribution in [0.25, 0.3) is 0 Å². The zero-order chi connectivity index (χ0) is 13.0. The van der Waals surface area contributed by atoms with E-state index in [-0.39, 0.29) is 6.10 Å². The summed E-state index contributed by atoms with van der Waals surface area (Å²) in [5.74, 6) is -0.418. The van der Waals surface area contributed by atoms with Crippen molar-refractivity contribution in [1.29, 1.82) is 0 Å². The molecule has 2 unspecified atom stereocenters. The highest BCUT2D eigenvalue weighted by molar-refractivity contribution is 5.88. The van der Waals surface area contributed by atoms with E-state index in [4.69, 9.17) is 4.74 Å². The minimum absolute atomic E-state index is 0.276. The fourth-order valence-electron chi connectivity index (χ4n) is 2.10. The first-order valence-electron chi connectivity index (χ1n) is 6.11. The van der Waals surface area contributed by atoms with Gasteiger partial charge in [0.25, 0.3) is 0 Å². The van der Waals surface area contributed by atoms with Gasteiger partial charge in [-0.05, 0) is 31.9 Å². The third-order valence-electron chi connectivity index (χ3n) is 3.01. The molecule has 1 aromatic rings. The molecule has 0 spiro atoms. The molecule has 5 nitrogen and oxygen atoms in total. The highest BCUT2D eigenvalue weighted by Crippen LogP contribution is 2.18. The highest BCUT2D eigenvalue weighted by atomic mass is 16.5. The molecule has 0 radical (unpaired) electrons. The predicted molar refractivity (Wildman–Crippen MR) is 67.6 cm³/mol. The maximum Gasteiger partial charge on any atom is 0.356 e. The molecular formula is C13H18N2O3. The summed E-state index contributed by atoms with van der Waals surface area (Å²) in [6.07, 6.45) is 3.83. The van der Waals surface area contributed by atoms with Gasteiger partial charge in [-0.3, -0.25) is 0 Å². The average Bonchev–Trinajstić information content (AvgIpc) is 2.38. The van der Waals surface area contributed by atoms with Gasteiger partial charge in [0.2, 0.25) is 0 Å². The number of anilines is 1. The lowest BCUT2D eigenvalue weighted by atomic mass is 10.0. The Kier molecular flexibility index (Phi) is 4.15. The monoisotopic (exact) mass is 250 g/mol. The molecule has 98 valence electrons. The van der Waals surface area contributed by atoms with Crippen LogP contribution in [0, 0.1) is 0 Å². The molecular weight excluding hydrogens is 232 g/mol. The number of rotatable bonds is 3. The number of aromatic nitrogens is 1. The van der Waals surface area contributed by atoms with Gasteiger partial charge in [-0.25, -0.2) is 9.78 Å². The first kappa shape index (κ1) is 12.8. The largest absolute Gasteiger partial charge is 0.464 e. The van der Waals surface area contributed by atoms with Crippen molar-refractivity contribution < 1.29 is 14.3 Å². The van der Waals surface area contributed by atoms with Crippen molar-refractivity contribution >= 4 is 11.7 Å². The maximum absolute atomic E-state index is 11.4. The van der Waals surface area contributed by atoms with Crippen LogP contribution < -0.4 is 5.32 Å². The number of nitrogens with zero attached hydrogens (tertiary/aromatic N) is 1. The Hall–Kier alpha value is -1.62. The molecule has 1 fully saturated rings. The number of methoxy groups -OCH3 is 1. The summed E-state index contributed by atoms with van der Waals surface area (Å²) < 4.78 is 10.1. The van der Waals surface area contributed by atoms with Gasteiger partial charge in [-0.2, -0.15) is 0 Å². The van der Waals surface area contributed by atoms with Gasteiger partial charge in [0.15, 0.2) is 0 Å². The molecule has 0 aromatic carbocycles. The second-order valence-electron chi connectivity index (χ2n) is 4.47. The van der Waals surface area contributed by atoms with Crippen LogP contribution in [0.15, 0.2) is 18.3 Å². The molecule has 0 bridgehead atoms. The van der Waals surface area contributed by atoms with Crippen LogP contribution in [0.2, 0.25) is 0 Å². The van der Waals surface area contributed by atoms with Crippen LogP contribution >= 0.6 is 0 Å². The molecule has 1 aliphatic rings. The van der Waals surface area contributed by atoms with Crippen LogP contribution in [0.1, 0.15) is 30.3 Å². The fourth-order valence-corrected chi connectivity index (χ4v) is 2.10. The number of pyridine rings is 1. The number of carbonyl (C=O) groups excluding carboxylic acids is 1. The summed E-state index contributed by atoms with van der Waals surface area (Å²) in [7, 11) is 1.35. The second-order valence-corrected chi connectivity index (χ2v) is 4.47. The Morgan fingerprint density at radius 1 is 1.61 bits per heavy atom. The third kappa shape index (κ3) is 3.20. The van der Waals surface area contributed by atoms with Crippen LogP contribution in [-0.4, -0.2) is 36.8 Å². The zero-order valence-electron chi connectivity index (χ0n) is 10.7. The molecule has 1 saturated heterocycles. The Balaban J connectivity index is 2.02. The van der Waals surface area contributed by atoms with E-state index in [1.807, 2.05) is 6.07 Å². The standard InChI is InChI=1S/C13H18N2O3/c1-9-7-11(4-6-18-9)15-10-3-5-14-12(8-10)13(16)17-2/h3,5,8-9,11H,4,6-7H2,1-2H3,(H,14,15). The minimum Gasteiger partial charge on any atom is -0.464 e. The van der Waals surface area contributed by atoms with Crippen molar-refractivity contribution in [2.45, 2.75) is 31.9 Å². The van der Waals surface area contributed by atoms with Crippen molar-refractivity contribution in [3.63, 3.8) is 0 Å². The van der Waals surface area contributed by atoms with E-state index >= 15 is 0 Å². The summed E-state index contributed by atoms with van der Waals surface area (Å²) in [5.41, 5.74) is 1.21. The van der Waals surface area contributed by atoms with Gasteiger partial charge < -0.3 is 14.8 Å². The van der Waals surface area contributed by atoms with E-state index < -0.39 is 5.97 Å². The van der Waals surface area contributed by atoms with Crippen molar-refractivity contribution in [2.24, 2.45) is 0 Å². The van der Waals surface area contributed by atoms with Gasteiger partial charge in [0.05, 0.1) is 13.2 Å². The normalized spacial score (nSPS) is 23.4. The SMILES string of the molecule is COC(=O)c1cc(NC2CCOC(C)C2)ccn1. The molecule has 0 amide bonds. The number of hydrogen-bond donors (Lipinski definition) is 1. The molecule has 5 heteroatoms. The van der Waals surface area contributed by atoms with Crippen LogP contribution in [0.3, 0.4) is 0 Å². The first-order chi connectivity index (χ1) is 8.69. The zero-order valence-corrected chi connectivity index (χ0v) is 10.7. The molecule has 2 atom stereocenters. The molecule has 0 saturated carbocycles. The second kappa shape index (κ2) is 5.82. The molecule has 0 aliphatic carbocycles. The van der Waals surface area contributed by atoms with Crippen molar-refractivity contribution in [1.82, 2.24) is 4.98 Å². The minimum atomic E-state index is -0.418. The van der Waals surface area contributed by atoms with E-state index in [9.17, 15) is 4.79 Å². The molecule has 1 N–H and O–H groups in total. The van der Waals surface area contributed by atoms with Crippen molar-refractivity contribution in [2.75, 3.05) is 19.0 Å². The summed E-state index contributed by atoms with van der Waals surface area (Å²) in [5, 5.41) is 3.40. The smallest absolute Gasteiger partial charge is 0.356 e. The molecule has 2 heterocycles. The lowest BCUT2D eigenvalue weighted by Gasteiger charge is -2.28. The summed E-state index contributed by atoms with van der Waals surface area (Å²) in [6.45, 7) is 2.84. The average molecular weight is 250 g/mol. The number of hydrogen-bond acceptors (Lipinski definition) is 5. The predicted octanol–water partition coefficient (Wildman–Crippen LogP) is 1.85. The summed E-state index contributed by atoms with van der Waals surface area (Å²) in [6, 6.07) is 3.94. The Morgan fingerprint density at radius 3 is 3.17 bits per heavy atom. The highest BCUT2D eigenvalue weighted by Gasteiger charge is 2.19. The van der Waals surface area contributed by atoms with Crippen molar-refractivity contribution in [3.05, 3.63) is 24.0 Å². The first-order valence-corrected chi connectivity index (χ1v) is 6.11. The van der Waals surface area contributed by atoms with Crippen molar-refractivity contribution in [3.8, 4) is 0 Å². The van der Waals surface area contributed by atoms with E-state index in [0.717, 1.165) is 25.1 Å². The molecule has 2 rings (SSSR count). The van der Waals surface area contributed by atoms with E-state index in [0.29, 0.717) is 11.7 Å². The Bertz CT molecular complexity index is 422. The van der Waals surface area contributed by atoms with E-state index in [2.05, 4.69) is 22.0 Å². The quantitative estimate of drug-likeness (QED) is 0.829. The van der Waals surface area contributed by atoms with Gasteiger partial charge >= 0.3 is 5.97 Å². The lowest BCUT2D eigenvalue weighted by molar-refractivity contribution is 0.0232. The topological polar surface area (TPSA) is 60.5 Å². The number of esters is 1. The fraction of sp³-hybridized carbons (Fsp3) is 0.538. The summed E-state index contributed by atoms with van der Waals surface area (Å²) in [4.78, 5) is 15.4. The van der Waals surface area contributed by atoms with Crippen LogP contribution in [-0.2, 0) is 9.47 Å². The third-order valence-corrected chi connectivity index (χ3v) is 3.01. The maximum atomic E-state index is 11.4. The van der Waals surface area contributed by atoms with Gasteiger partial charge in [-0.1, -0.05) is 0 Å². The van der Waals surface area contributed by atoms with Gasteiger partial charge in [0.1, 0.15) is 5.69 Å². The number of nitrogens with one attached hydrogen (secondary N) is 1. The Morgan fingerprint density at radius 2 is 2.44 bits per heavy atom. The molecule has 18 heavy (non-hydrogen) atoms. The molecule has 1 aliphatic heterocycles. The van der Waals surface area contributed by atoms with Gasteiger partial charge in [0, 0.05) is 24.5 Å². The Labute approximate surface area is 107 Å². The molecule has 1 aromatic heterocycles.